The van der Waals surface area contributed by atoms with Crippen LogP contribution in [0.4, 0.5) is 0 Å². The molecule has 0 spiro atoms. The average Bonchev–Trinajstić information content (AvgIpc) is 2.86. The first-order chi connectivity index (χ1) is 17.1. The van der Waals surface area contributed by atoms with Gasteiger partial charge in [-0.05, 0) is 66.2 Å². The standard InChI is InChI=1S/C31H58N2O4/c1-13-27(9)19-23(21(7)29(11,15-3)32-27)36-25(34)31(17-5,18-6)26(35)37-24-20-28(10,14-2)33-30(12,16-4)22(24)8/h21-24,32-33H,13-20H2,1-12H3. The Hall–Kier alpha value is -1.14. The SMILES string of the molecule is CCC1(C)CC(OC(=O)C(CC)(CC)C(=O)OC2CC(C)(CC)NC(C)(CC)C2C)C(C)C(C)(CC)N1. The van der Waals surface area contributed by atoms with Crippen molar-refractivity contribution >= 4 is 11.9 Å². The van der Waals surface area contributed by atoms with Crippen LogP contribution in [0.2, 0.25) is 0 Å². The van der Waals surface area contributed by atoms with E-state index in [0.717, 1.165) is 38.5 Å². The van der Waals surface area contributed by atoms with Crippen molar-refractivity contribution in [3.63, 3.8) is 0 Å². The maximum atomic E-state index is 13.9. The summed E-state index contributed by atoms with van der Waals surface area (Å²) in [5, 5.41) is 7.69. The third kappa shape index (κ3) is 6.05. The smallest absolute Gasteiger partial charge is 0.323 e. The summed E-state index contributed by atoms with van der Waals surface area (Å²) >= 11 is 0. The van der Waals surface area contributed by atoms with E-state index < -0.39 is 17.4 Å². The Morgan fingerprint density at radius 3 is 1.24 bits per heavy atom. The molecule has 0 aliphatic carbocycles. The zero-order valence-corrected chi connectivity index (χ0v) is 26.1. The molecule has 8 atom stereocenters. The van der Waals surface area contributed by atoms with Crippen molar-refractivity contribution in [1.82, 2.24) is 10.6 Å². The van der Waals surface area contributed by atoms with Gasteiger partial charge < -0.3 is 20.1 Å². The van der Waals surface area contributed by atoms with Crippen LogP contribution in [0.5, 0.6) is 0 Å². The molecule has 2 aliphatic rings. The molecule has 37 heavy (non-hydrogen) atoms. The van der Waals surface area contributed by atoms with E-state index in [1.54, 1.807) is 0 Å². The zero-order chi connectivity index (χ0) is 28.4. The summed E-state index contributed by atoms with van der Waals surface area (Å²) in [5.41, 5.74) is -1.82. The van der Waals surface area contributed by atoms with Gasteiger partial charge >= 0.3 is 11.9 Å². The summed E-state index contributed by atoms with van der Waals surface area (Å²) < 4.78 is 12.6. The van der Waals surface area contributed by atoms with Crippen LogP contribution >= 0.6 is 0 Å². The number of carbonyl (C=O) groups excluding carboxylic acids is 2. The van der Waals surface area contributed by atoms with Crippen molar-refractivity contribution in [2.75, 3.05) is 0 Å². The fraction of sp³-hybridized carbons (Fsp3) is 0.935. The lowest BCUT2D eigenvalue weighted by Crippen LogP contribution is -2.67. The number of esters is 2. The third-order valence-corrected chi connectivity index (χ3v) is 11.1. The van der Waals surface area contributed by atoms with Gasteiger partial charge in [-0.15, -0.1) is 0 Å². The van der Waals surface area contributed by atoms with E-state index in [-0.39, 0.29) is 46.2 Å². The number of hydrogen-bond acceptors (Lipinski definition) is 6. The van der Waals surface area contributed by atoms with E-state index in [0.29, 0.717) is 12.8 Å². The Kier molecular flexibility index (Phi) is 10.0. The Balaban J connectivity index is 2.32. The predicted molar refractivity (Wildman–Crippen MR) is 151 cm³/mol. The second-order valence-corrected chi connectivity index (χ2v) is 13.3. The van der Waals surface area contributed by atoms with Crippen LogP contribution in [0.3, 0.4) is 0 Å². The molecular weight excluding hydrogens is 464 g/mol. The maximum absolute atomic E-state index is 13.9. The molecule has 6 heteroatoms. The van der Waals surface area contributed by atoms with Gasteiger partial charge in [-0.1, -0.05) is 55.4 Å². The Morgan fingerprint density at radius 1 is 0.676 bits per heavy atom. The first kappa shape index (κ1) is 32.1. The number of piperidine rings is 2. The molecule has 2 rings (SSSR count). The molecule has 216 valence electrons. The highest BCUT2D eigenvalue weighted by Gasteiger charge is 2.54. The van der Waals surface area contributed by atoms with Crippen molar-refractivity contribution in [2.45, 2.75) is 169 Å². The molecule has 0 radical (unpaired) electrons. The van der Waals surface area contributed by atoms with E-state index in [2.05, 4.69) is 79.9 Å². The van der Waals surface area contributed by atoms with Gasteiger partial charge in [-0.3, -0.25) is 9.59 Å². The summed E-state index contributed by atoms with van der Waals surface area (Å²) in [7, 11) is 0. The molecule has 0 amide bonds. The average molecular weight is 523 g/mol. The molecule has 2 fully saturated rings. The molecule has 0 saturated carbocycles. The number of rotatable bonds is 10. The molecule has 2 saturated heterocycles. The Labute approximate surface area is 227 Å². The molecule has 2 N–H and O–H groups in total. The molecular formula is C31H58N2O4. The summed E-state index contributed by atoms with van der Waals surface area (Å²) in [6, 6.07) is 0. The number of nitrogens with one attached hydrogen (secondary N) is 2. The molecule has 2 heterocycles. The molecule has 8 unspecified atom stereocenters. The second kappa shape index (κ2) is 11.5. The third-order valence-electron chi connectivity index (χ3n) is 11.1. The number of hydrogen-bond donors (Lipinski definition) is 2. The van der Waals surface area contributed by atoms with Crippen LogP contribution in [-0.2, 0) is 19.1 Å². The first-order valence-corrected chi connectivity index (χ1v) is 15.1. The lowest BCUT2D eigenvalue weighted by atomic mass is 9.69. The van der Waals surface area contributed by atoms with Crippen LogP contribution in [0, 0.1) is 17.3 Å². The van der Waals surface area contributed by atoms with Gasteiger partial charge in [0.05, 0.1) is 0 Å². The maximum Gasteiger partial charge on any atom is 0.323 e. The molecule has 2 aliphatic heterocycles. The highest BCUT2D eigenvalue weighted by atomic mass is 16.6. The molecule has 0 aromatic carbocycles. The van der Waals surface area contributed by atoms with Crippen LogP contribution in [0.15, 0.2) is 0 Å². The number of ether oxygens (including phenoxy) is 2. The fourth-order valence-electron chi connectivity index (χ4n) is 6.76. The molecule has 0 aromatic heterocycles. The topological polar surface area (TPSA) is 76.7 Å². The van der Waals surface area contributed by atoms with Crippen LogP contribution in [0.25, 0.3) is 0 Å². The van der Waals surface area contributed by atoms with E-state index in [1.165, 1.54) is 0 Å². The molecule has 6 nitrogen and oxygen atoms in total. The normalized spacial score (nSPS) is 40.8. The summed E-state index contributed by atoms with van der Waals surface area (Å²) in [6.07, 6.45) is 5.46. The van der Waals surface area contributed by atoms with E-state index in [9.17, 15) is 9.59 Å². The van der Waals surface area contributed by atoms with Crippen LogP contribution < -0.4 is 10.6 Å². The van der Waals surface area contributed by atoms with E-state index >= 15 is 0 Å². The minimum absolute atomic E-state index is 0.121. The summed E-state index contributed by atoms with van der Waals surface area (Å²) in [6.45, 7) is 25.7. The van der Waals surface area contributed by atoms with E-state index in [1.807, 2.05) is 13.8 Å². The minimum atomic E-state index is -1.29. The first-order valence-electron chi connectivity index (χ1n) is 15.1. The van der Waals surface area contributed by atoms with Crippen LogP contribution in [-0.4, -0.2) is 46.3 Å². The lowest BCUT2D eigenvalue weighted by molar-refractivity contribution is -0.189. The zero-order valence-electron chi connectivity index (χ0n) is 26.1. The van der Waals surface area contributed by atoms with Gasteiger partial charge in [-0.2, -0.15) is 0 Å². The van der Waals surface area contributed by atoms with Crippen LogP contribution in [0.1, 0.15) is 134 Å². The predicted octanol–water partition coefficient (Wildman–Crippen LogP) is 6.55. The summed E-state index contributed by atoms with van der Waals surface area (Å²) in [4.78, 5) is 27.8. The van der Waals surface area contributed by atoms with Crippen molar-refractivity contribution in [3.8, 4) is 0 Å². The van der Waals surface area contributed by atoms with Gasteiger partial charge in [0.25, 0.3) is 0 Å². The monoisotopic (exact) mass is 522 g/mol. The lowest BCUT2D eigenvalue weighted by Gasteiger charge is -2.53. The van der Waals surface area contributed by atoms with Crippen molar-refractivity contribution in [2.24, 2.45) is 17.3 Å². The quantitative estimate of drug-likeness (QED) is 0.250. The second-order valence-electron chi connectivity index (χ2n) is 13.3. The van der Waals surface area contributed by atoms with Gasteiger partial charge in [0, 0.05) is 46.8 Å². The Morgan fingerprint density at radius 2 is 1.00 bits per heavy atom. The molecule has 0 bridgehead atoms. The minimum Gasteiger partial charge on any atom is -0.461 e. The number of carbonyl (C=O) groups is 2. The van der Waals surface area contributed by atoms with Gasteiger partial charge in [0.1, 0.15) is 12.2 Å². The van der Waals surface area contributed by atoms with Gasteiger partial charge in [-0.25, -0.2) is 0 Å². The Bertz CT molecular complexity index is 751. The highest BCUT2D eigenvalue weighted by Crippen LogP contribution is 2.43. The van der Waals surface area contributed by atoms with Crippen molar-refractivity contribution in [1.29, 1.82) is 0 Å². The van der Waals surface area contributed by atoms with E-state index in [4.69, 9.17) is 9.47 Å². The van der Waals surface area contributed by atoms with Crippen molar-refractivity contribution in [3.05, 3.63) is 0 Å². The fourth-order valence-corrected chi connectivity index (χ4v) is 6.76. The largest absolute Gasteiger partial charge is 0.461 e. The van der Waals surface area contributed by atoms with Gasteiger partial charge in [0.15, 0.2) is 5.41 Å². The molecule has 0 aromatic rings. The highest BCUT2D eigenvalue weighted by molar-refractivity contribution is 6.00. The van der Waals surface area contributed by atoms with Gasteiger partial charge in [0.2, 0.25) is 0 Å². The summed E-state index contributed by atoms with van der Waals surface area (Å²) in [5.74, 6) is -0.584. The van der Waals surface area contributed by atoms with Crippen molar-refractivity contribution < 1.29 is 19.1 Å².